The summed E-state index contributed by atoms with van der Waals surface area (Å²) in [5, 5.41) is 10.5. The summed E-state index contributed by atoms with van der Waals surface area (Å²) in [6.07, 6.45) is 0.427. The Bertz CT molecular complexity index is 830. The molecule has 0 unspecified atom stereocenters. The summed E-state index contributed by atoms with van der Waals surface area (Å²) in [5.41, 5.74) is 1.64. The van der Waals surface area contributed by atoms with Crippen LogP contribution in [0.15, 0.2) is 18.2 Å². The fraction of sp³-hybridized carbons (Fsp3) is 0.500. The van der Waals surface area contributed by atoms with Gasteiger partial charge in [-0.05, 0) is 37.5 Å². The minimum absolute atomic E-state index is 0.181. The first-order chi connectivity index (χ1) is 12.8. The Balaban J connectivity index is 1.95. The van der Waals surface area contributed by atoms with Gasteiger partial charge in [0.05, 0.1) is 18.2 Å². The van der Waals surface area contributed by atoms with Gasteiger partial charge in [0.1, 0.15) is 11.6 Å². The number of benzene rings is 1. The molecule has 0 saturated carbocycles. The zero-order valence-electron chi connectivity index (χ0n) is 15.9. The zero-order valence-corrected chi connectivity index (χ0v) is 15.9. The molecule has 9 nitrogen and oxygen atoms in total. The van der Waals surface area contributed by atoms with Gasteiger partial charge in [-0.3, -0.25) is 4.79 Å². The third-order valence-corrected chi connectivity index (χ3v) is 3.91. The predicted octanol–water partition coefficient (Wildman–Crippen LogP) is 1.31. The number of hydrogen-bond acceptors (Lipinski definition) is 7. The van der Waals surface area contributed by atoms with Gasteiger partial charge in [-0.1, -0.05) is 19.1 Å². The van der Waals surface area contributed by atoms with E-state index in [4.69, 9.17) is 4.74 Å². The second kappa shape index (κ2) is 9.11. The van der Waals surface area contributed by atoms with Crippen molar-refractivity contribution in [2.24, 2.45) is 5.92 Å². The van der Waals surface area contributed by atoms with Gasteiger partial charge in [0.2, 0.25) is 0 Å². The summed E-state index contributed by atoms with van der Waals surface area (Å²) in [6, 6.07) is 4.10. The molecule has 1 heterocycles. The molecular weight excluding hydrogens is 352 g/mol. The van der Waals surface area contributed by atoms with Crippen LogP contribution in [0.1, 0.15) is 37.6 Å². The summed E-state index contributed by atoms with van der Waals surface area (Å²) in [6.45, 7) is 5.96. The van der Waals surface area contributed by atoms with Crippen LogP contribution in [-0.2, 0) is 25.6 Å². The minimum atomic E-state index is -0.776. The summed E-state index contributed by atoms with van der Waals surface area (Å²) in [7, 11) is 1.26. The Morgan fingerprint density at radius 2 is 2.00 bits per heavy atom. The molecule has 0 aliphatic rings. The highest BCUT2D eigenvalue weighted by Crippen LogP contribution is 2.14. The fourth-order valence-electron chi connectivity index (χ4n) is 2.61. The number of ether oxygens (including phenoxy) is 2. The zero-order chi connectivity index (χ0) is 20.0. The van der Waals surface area contributed by atoms with E-state index in [1.807, 2.05) is 20.8 Å². The highest BCUT2D eigenvalue weighted by molar-refractivity contribution is 5.95. The van der Waals surface area contributed by atoms with Crippen LogP contribution in [-0.4, -0.2) is 52.6 Å². The molecule has 0 spiro atoms. The molecule has 2 aromatic rings. The lowest BCUT2D eigenvalue weighted by atomic mass is 10.0. The van der Waals surface area contributed by atoms with Crippen LogP contribution in [0.4, 0.5) is 0 Å². The van der Waals surface area contributed by atoms with Gasteiger partial charge in [-0.25, -0.2) is 14.3 Å². The second-order valence-corrected chi connectivity index (χ2v) is 6.46. The van der Waals surface area contributed by atoms with E-state index in [-0.39, 0.29) is 11.5 Å². The first kappa shape index (κ1) is 20.3. The van der Waals surface area contributed by atoms with Crippen molar-refractivity contribution in [2.75, 3.05) is 13.7 Å². The summed E-state index contributed by atoms with van der Waals surface area (Å²) < 4.78 is 11.4. The third-order valence-electron chi connectivity index (χ3n) is 3.91. The van der Waals surface area contributed by atoms with Gasteiger partial charge in [0.25, 0.3) is 5.91 Å². The molecule has 0 bridgehead atoms. The molecule has 0 radical (unpaired) electrons. The number of nitrogens with one attached hydrogen (secondary N) is 1. The SMILES string of the molecule is CCn1nnc2cc(C(=O)OCC(=O)N[C@H](CC(C)C)C(=O)OC)ccc21. The molecule has 0 aliphatic carbocycles. The molecule has 0 fully saturated rings. The van der Waals surface area contributed by atoms with Gasteiger partial charge >= 0.3 is 11.9 Å². The van der Waals surface area contributed by atoms with Gasteiger partial charge in [-0.15, -0.1) is 5.10 Å². The predicted molar refractivity (Wildman–Crippen MR) is 96.9 cm³/mol. The molecule has 1 atom stereocenters. The van der Waals surface area contributed by atoms with Crippen LogP contribution in [0, 0.1) is 5.92 Å². The summed E-state index contributed by atoms with van der Waals surface area (Å²) in [5.74, 6) is -1.58. The van der Waals surface area contributed by atoms with Crippen molar-refractivity contribution >= 4 is 28.9 Å². The Labute approximate surface area is 157 Å². The van der Waals surface area contributed by atoms with Gasteiger partial charge in [-0.2, -0.15) is 0 Å². The number of hydrogen-bond donors (Lipinski definition) is 1. The number of carbonyl (C=O) groups is 3. The molecule has 1 amide bonds. The topological polar surface area (TPSA) is 112 Å². The molecule has 1 N–H and O–H groups in total. The number of aromatic nitrogens is 3. The summed E-state index contributed by atoms with van der Waals surface area (Å²) in [4.78, 5) is 35.9. The maximum Gasteiger partial charge on any atom is 0.338 e. The second-order valence-electron chi connectivity index (χ2n) is 6.46. The number of methoxy groups -OCH3 is 1. The van der Waals surface area contributed by atoms with E-state index in [0.717, 1.165) is 5.52 Å². The molecule has 0 aliphatic heterocycles. The lowest BCUT2D eigenvalue weighted by molar-refractivity contribution is -0.145. The van der Waals surface area contributed by atoms with E-state index in [9.17, 15) is 14.4 Å². The highest BCUT2D eigenvalue weighted by Gasteiger charge is 2.23. The molecule has 27 heavy (non-hydrogen) atoms. The van der Waals surface area contributed by atoms with Crippen molar-refractivity contribution < 1.29 is 23.9 Å². The Hall–Kier alpha value is -2.97. The van der Waals surface area contributed by atoms with Crippen molar-refractivity contribution in [2.45, 2.75) is 39.8 Å². The average Bonchev–Trinajstić information content (AvgIpc) is 3.06. The van der Waals surface area contributed by atoms with Crippen molar-refractivity contribution in [3.05, 3.63) is 23.8 Å². The molecule has 2 rings (SSSR count). The number of fused-ring (bicyclic) bond motifs is 1. The number of aryl methyl sites for hydroxylation is 1. The Morgan fingerprint density at radius 3 is 2.63 bits per heavy atom. The highest BCUT2D eigenvalue weighted by atomic mass is 16.5. The van der Waals surface area contributed by atoms with Crippen LogP contribution < -0.4 is 5.32 Å². The van der Waals surface area contributed by atoms with E-state index in [1.165, 1.54) is 7.11 Å². The van der Waals surface area contributed by atoms with Crippen LogP contribution in [0.3, 0.4) is 0 Å². The number of esters is 2. The van der Waals surface area contributed by atoms with Crippen molar-refractivity contribution in [3.8, 4) is 0 Å². The van der Waals surface area contributed by atoms with Crippen molar-refractivity contribution in [1.29, 1.82) is 0 Å². The number of amides is 1. The summed E-state index contributed by atoms with van der Waals surface area (Å²) >= 11 is 0. The standard InChI is InChI=1S/C18H24N4O5/c1-5-22-15-7-6-12(9-13(15)20-21-22)17(24)27-10-16(23)19-14(8-11(2)3)18(25)26-4/h6-7,9,11,14H,5,8,10H2,1-4H3,(H,19,23)/t14-/m1/s1. The average molecular weight is 376 g/mol. The monoisotopic (exact) mass is 376 g/mol. The van der Waals surface area contributed by atoms with Crippen molar-refractivity contribution in [1.82, 2.24) is 20.3 Å². The quantitative estimate of drug-likeness (QED) is 0.691. The van der Waals surface area contributed by atoms with E-state index >= 15 is 0 Å². The van der Waals surface area contributed by atoms with Gasteiger partial charge in [0, 0.05) is 6.54 Å². The van der Waals surface area contributed by atoms with E-state index in [1.54, 1.807) is 22.9 Å². The van der Waals surface area contributed by atoms with E-state index in [0.29, 0.717) is 18.5 Å². The Morgan fingerprint density at radius 1 is 1.26 bits per heavy atom. The lowest BCUT2D eigenvalue weighted by Crippen LogP contribution is -2.44. The molecule has 146 valence electrons. The molecule has 9 heteroatoms. The van der Waals surface area contributed by atoms with Gasteiger partial charge < -0.3 is 14.8 Å². The fourth-order valence-corrected chi connectivity index (χ4v) is 2.61. The Kier molecular flexibility index (Phi) is 6.86. The van der Waals surface area contributed by atoms with E-state index in [2.05, 4.69) is 20.4 Å². The molecule has 0 saturated heterocycles. The first-order valence-electron chi connectivity index (χ1n) is 8.73. The van der Waals surface area contributed by atoms with Crippen LogP contribution in [0.25, 0.3) is 11.0 Å². The minimum Gasteiger partial charge on any atom is -0.467 e. The van der Waals surface area contributed by atoms with Crippen LogP contribution in [0.2, 0.25) is 0 Å². The van der Waals surface area contributed by atoms with Crippen molar-refractivity contribution in [3.63, 3.8) is 0 Å². The van der Waals surface area contributed by atoms with Gasteiger partial charge in [0.15, 0.2) is 6.61 Å². The number of rotatable bonds is 8. The maximum atomic E-state index is 12.2. The molecule has 1 aromatic heterocycles. The largest absolute Gasteiger partial charge is 0.467 e. The first-order valence-corrected chi connectivity index (χ1v) is 8.73. The number of nitrogens with zero attached hydrogens (tertiary/aromatic N) is 3. The van der Waals surface area contributed by atoms with Crippen LogP contribution in [0.5, 0.6) is 0 Å². The molecule has 1 aromatic carbocycles. The normalized spacial score (nSPS) is 12.0. The lowest BCUT2D eigenvalue weighted by Gasteiger charge is -2.18. The molecular formula is C18H24N4O5. The van der Waals surface area contributed by atoms with Crippen LogP contribution >= 0.6 is 0 Å². The third kappa shape index (κ3) is 5.25. The smallest absolute Gasteiger partial charge is 0.338 e. The maximum absolute atomic E-state index is 12.2. The van der Waals surface area contributed by atoms with E-state index < -0.39 is 30.5 Å². The number of carbonyl (C=O) groups excluding carboxylic acids is 3.